The summed E-state index contributed by atoms with van der Waals surface area (Å²) in [5.41, 5.74) is 7.63. The van der Waals surface area contributed by atoms with Crippen LogP contribution in [0.1, 0.15) is 22.2 Å². The monoisotopic (exact) mass is 368 g/mol. The lowest BCUT2D eigenvalue weighted by atomic mass is 10.1. The molecule has 1 heterocycles. The van der Waals surface area contributed by atoms with Gasteiger partial charge in [-0.15, -0.1) is 11.3 Å². The van der Waals surface area contributed by atoms with Crippen LogP contribution in [0.5, 0.6) is 0 Å². The number of carbonyl (C=O) groups excluding carboxylic acids is 1. The highest BCUT2D eigenvalue weighted by Crippen LogP contribution is 2.25. The first-order valence-electron chi connectivity index (χ1n) is 6.52. The van der Waals surface area contributed by atoms with Crippen molar-refractivity contribution in [1.82, 2.24) is 0 Å². The quantitative estimate of drug-likeness (QED) is 0.642. The zero-order valence-electron chi connectivity index (χ0n) is 11.9. The van der Waals surface area contributed by atoms with Crippen LogP contribution in [0.3, 0.4) is 0 Å². The number of nitrogens with zero attached hydrogens (tertiary/aromatic N) is 1. The molecule has 0 spiro atoms. The van der Waals surface area contributed by atoms with E-state index in [1.54, 1.807) is 30.4 Å². The van der Waals surface area contributed by atoms with Crippen LogP contribution in [-0.4, -0.2) is 19.6 Å². The van der Waals surface area contributed by atoms with Crippen molar-refractivity contribution in [2.45, 2.75) is 13.5 Å². The highest BCUT2D eigenvalue weighted by Gasteiger charge is 2.13. The number of benzene rings is 1. The Morgan fingerprint density at radius 2 is 2.19 bits per heavy atom. The summed E-state index contributed by atoms with van der Waals surface area (Å²) in [7, 11) is 1.98. The van der Waals surface area contributed by atoms with E-state index in [0.29, 0.717) is 17.9 Å². The van der Waals surface area contributed by atoms with Crippen LogP contribution < -0.4 is 10.6 Å². The number of esters is 1. The number of nitrogens with two attached hydrogens (primary N) is 1. The molecule has 0 aliphatic carbocycles. The third kappa shape index (κ3) is 3.98. The minimum Gasteiger partial charge on any atom is -0.462 e. The van der Waals surface area contributed by atoms with Gasteiger partial charge in [0.25, 0.3) is 0 Å². The normalized spacial score (nSPS) is 10.4. The van der Waals surface area contributed by atoms with Crippen molar-refractivity contribution in [3.8, 4) is 0 Å². The zero-order valence-corrected chi connectivity index (χ0v) is 14.3. The molecular weight excluding hydrogens is 352 g/mol. The summed E-state index contributed by atoms with van der Waals surface area (Å²) < 4.78 is 6.11. The second kappa shape index (κ2) is 6.95. The molecule has 0 aliphatic heterocycles. The lowest BCUT2D eigenvalue weighted by Crippen LogP contribution is -2.17. The molecule has 1 aromatic carbocycles. The Bertz CT molecular complexity index is 642. The molecule has 2 aromatic rings. The van der Waals surface area contributed by atoms with Gasteiger partial charge < -0.3 is 15.4 Å². The Labute approximate surface area is 136 Å². The maximum absolute atomic E-state index is 11.9. The number of ether oxygens (including phenoxy) is 1. The van der Waals surface area contributed by atoms with Crippen molar-refractivity contribution >= 4 is 44.6 Å². The second-order valence-corrected chi connectivity index (χ2v) is 6.49. The summed E-state index contributed by atoms with van der Waals surface area (Å²) in [6.45, 7) is 2.88. The van der Waals surface area contributed by atoms with Crippen molar-refractivity contribution in [2.75, 3.05) is 24.3 Å². The number of thiophene rings is 1. The van der Waals surface area contributed by atoms with Gasteiger partial charge in [-0.3, -0.25) is 0 Å². The lowest BCUT2D eigenvalue weighted by Gasteiger charge is -2.19. The van der Waals surface area contributed by atoms with Crippen LogP contribution in [0.4, 0.5) is 11.4 Å². The Balaban J connectivity index is 2.19. The highest BCUT2D eigenvalue weighted by atomic mass is 79.9. The van der Waals surface area contributed by atoms with Crippen molar-refractivity contribution in [1.29, 1.82) is 0 Å². The van der Waals surface area contributed by atoms with Gasteiger partial charge in [0.2, 0.25) is 0 Å². The van der Waals surface area contributed by atoms with Gasteiger partial charge in [0.1, 0.15) is 0 Å². The second-order valence-electron chi connectivity index (χ2n) is 4.58. The molecule has 4 nitrogen and oxygen atoms in total. The van der Waals surface area contributed by atoms with Gasteiger partial charge in [-0.2, -0.15) is 0 Å². The van der Waals surface area contributed by atoms with Crippen LogP contribution in [-0.2, 0) is 11.3 Å². The van der Waals surface area contributed by atoms with Crippen molar-refractivity contribution in [2.24, 2.45) is 0 Å². The van der Waals surface area contributed by atoms with E-state index in [0.717, 1.165) is 16.7 Å². The predicted octanol–water partition coefficient (Wildman–Crippen LogP) is 3.91. The molecule has 0 saturated carbocycles. The van der Waals surface area contributed by atoms with Gasteiger partial charge >= 0.3 is 5.97 Å². The Morgan fingerprint density at radius 1 is 1.43 bits per heavy atom. The van der Waals surface area contributed by atoms with Crippen molar-refractivity contribution < 1.29 is 9.53 Å². The maximum atomic E-state index is 11.9. The van der Waals surface area contributed by atoms with E-state index < -0.39 is 0 Å². The van der Waals surface area contributed by atoms with E-state index in [1.165, 1.54) is 4.88 Å². The molecule has 21 heavy (non-hydrogen) atoms. The third-order valence-electron chi connectivity index (χ3n) is 2.99. The Hall–Kier alpha value is -1.53. The number of halogens is 1. The van der Waals surface area contributed by atoms with E-state index in [2.05, 4.69) is 32.3 Å². The first-order valence-corrected chi connectivity index (χ1v) is 8.19. The fourth-order valence-electron chi connectivity index (χ4n) is 1.93. The van der Waals surface area contributed by atoms with E-state index in [1.807, 2.05) is 13.1 Å². The van der Waals surface area contributed by atoms with Gasteiger partial charge in [-0.05, 0) is 47.1 Å². The van der Waals surface area contributed by atoms with Gasteiger partial charge in [0, 0.05) is 33.2 Å². The van der Waals surface area contributed by atoms with Crippen LogP contribution in [0.15, 0.2) is 34.1 Å². The molecule has 2 rings (SSSR count). The maximum Gasteiger partial charge on any atom is 0.340 e. The Kier molecular flexibility index (Phi) is 5.25. The topological polar surface area (TPSA) is 55.6 Å². The first kappa shape index (κ1) is 15.9. The van der Waals surface area contributed by atoms with Crippen LogP contribution in [0.25, 0.3) is 0 Å². The predicted molar refractivity (Wildman–Crippen MR) is 90.9 cm³/mol. The first-order chi connectivity index (χ1) is 10.0. The van der Waals surface area contributed by atoms with Crippen LogP contribution in [0.2, 0.25) is 0 Å². The van der Waals surface area contributed by atoms with E-state index in [9.17, 15) is 4.79 Å². The molecule has 112 valence electrons. The molecule has 6 heteroatoms. The van der Waals surface area contributed by atoms with E-state index in [4.69, 9.17) is 10.5 Å². The van der Waals surface area contributed by atoms with E-state index in [-0.39, 0.29) is 5.97 Å². The SMILES string of the molecule is CCOC(=O)c1cc(N(C)Cc2cc(Br)cs2)ccc1N. The molecule has 0 amide bonds. The molecular formula is C15H17BrN2O2S. The number of hydrogen-bond donors (Lipinski definition) is 1. The number of carbonyl (C=O) groups is 1. The molecule has 0 fully saturated rings. The number of rotatable bonds is 5. The minimum atomic E-state index is -0.385. The largest absolute Gasteiger partial charge is 0.462 e. The van der Waals surface area contributed by atoms with Gasteiger partial charge in [-0.25, -0.2) is 4.79 Å². The molecule has 0 radical (unpaired) electrons. The Morgan fingerprint density at radius 3 is 2.81 bits per heavy atom. The number of hydrogen-bond acceptors (Lipinski definition) is 5. The molecule has 0 bridgehead atoms. The highest BCUT2D eigenvalue weighted by molar-refractivity contribution is 9.10. The summed E-state index contributed by atoms with van der Waals surface area (Å²) in [5, 5.41) is 2.05. The van der Waals surface area contributed by atoms with Gasteiger partial charge in [0.15, 0.2) is 0 Å². The number of nitrogen functional groups attached to an aromatic ring is 1. The molecule has 0 unspecified atom stereocenters. The standard InChI is InChI=1S/C15H17BrN2O2S/c1-3-20-15(19)13-7-11(4-5-14(13)17)18(2)8-12-6-10(16)9-21-12/h4-7,9H,3,8,17H2,1-2H3. The minimum absolute atomic E-state index is 0.335. The van der Waals surface area contributed by atoms with Crippen LogP contribution in [0, 0.1) is 0 Å². The molecule has 0 atom stereocenters. The van der Waals surface area contributed by atoms with Crippen molar-refractivity contribution in [3.05, 3.63) is 44.6 Å². The molecule has 2 N–H and O–H groups in total. The molecule has 0 saturated heterocycles. The third-order valence-corrected chi connectivity index (χ3v) is 4.67. The summed E-state index contributed by atoms with van der Waals surface area (Å²) in [5.74, 6) is -0.385. The van der Waals surface area contributed by atoms with Crippen LogP contribution >= 0.6 is 27.3 Å². The molecule has 0 aliphatic rings. The van der Waals surface area contributed by atoms with Gasteiger partial charge in [0.05, 0.1) is 18.7 Å². The fourth-order valence-corrected chi connectivity index (χ4v) is 3.43. The fraction of sp³-hybridized carbons (Fsp3) is 0.267. The lowest BCUT2D eigenvalue weighted by molar-refractivity contribution is 0.0527. The average molecular weight is 369 g/mol. The molecule has 1 aromatic heterocycles. The summed E-state index contributed by atoms with van der Waals surface area (Å²) in [4.78, 5) is 15.2. The zero-order chi connectivity index (χ0) is 15.4. The van der Waals surface area contributed by atoms with E-state index >= 15 is 0 Å². The number of anilines is 2. The summed E-state index contributed by atoms with van der Waals surface area (Å²) in [6.07, 6.45) is 0. The summed E-state index contributed by atoms with van der Waals surface area (Å²) in [6, 6.07) is 7.50. The smallest absolute Gasteiger partial charge is 0.340 e. The van der Waals surface area contributed by atoms with Crippen molar-refractivity contribution in [3.63, 3.8) is 0 Å². The average Bonchev–Trinajstić information content (AvgIpc) is 2.84. The summed E-state index contributed by atoms with van der Waals surface area (Å²) >= 11 is 5.14. The van der Waals surface area contributed by atoms with Gasteiger partial charge in [-0.1, -0.05) is 0 Å².